The summed E-state index contributed by atoms with van der Waals surface area (Å²) in [7, 11) is -1.69. The van der Waals surface area contributed by atoms with Crippen molar-refractivity contribution in [2.24, 2.45) is 0 Å². The van der Waals surface area contributed by atoms with Gasteiger partial charge in [-0.05, 0) is 12.1 Å². The van der Waals surface area contributed by atoms with Crippen LogP contribution in [0.25, 0.3) is 21.1 Å². The third-order valence-corrected chi connectivity index (χ3v) is 4.76. The van der Waals surface area contributed by atoms with E-state index in [4.69, 9.17) is 0 Å². The first-order chi connectivity index (χ1) is 11.8. The lowest BCUT2D eigenvalue weighted by atomic mass is 9.97. The van der Waals surface area contributed by atoms with E-state index in [1.165, 1.54) is 17.4 Å². The molecule has 3 aromatic rings. The van der Waals surface area contributed by atoms with Crippen LogP contribution < -0.4 is 10.2 Å². The number of hydrogen-bond donors (Lipinski definition) is 1. The summed E-state index contributed by atoms with van der Waals surface area (Å²) in [6, 6.07) is 6.83. The van der Waals surface area contributed by atoms with Gasteiger partial charge in [-0.2, -0.15) is 0 Å². The lowest BCUT2D eigenvalue weighted by Crippen LogP contribution is -2.30. The highest BCUT2D eigenvalue weighted by Gasteiger charge is 2.14. The molecule has 10 heteroatoms. The minimum Gasteiger partial charge on any atom is -0.266 e. The highest BCUT2D eigenvalue weighted by molar-refractivity contribution is 7.89. The van der Waals surface area contributed by atoms with E-state index in [0.717, 1.165) is 27.2 Å². The number of hydrogen-bond acceptors (Lipinski definition) is 7. The number of rotatable bonds is 4. The molecule has 1 N–H and O–H groups in total. The maximum atomic E-state index is 11.9. The van der Waals surface area contributed by atoms with Crippen molar-refractivity contribution >= 4 is 40.6 Å². The summed E-state index contributed by atoms with van der Waals surface area (Å²) in [6.07, 6.45) is 6.09. The SMILES string of the molecule is Bc1cncc(-c2ncc(-c3cccc(C(=O)NS(C)(=O)=O)n3)s2)c1. The molecule has 3 rings (SSSR count). The number of sulfonamides is 1. The van der Waals surface area contributed by atoms with Crippen LogP contribution in [-0.2, 0) is 10.0 Å². The third kappa shape index (κ3) is 4.28. The molecule has 126 valence electrons. The smallest absolute Gasteiger partial charge is 0.266 e. The molecule has 25 heavy (non-hydrogen) atoms. The maximum absolute atomic E-state index is 11.9. The van der Waals surface area contributed by atoms with Gasteiger partial charge in [-0.3, -0.25) is 9.78 Å². The number of nitrogens with zero attached hydrogens (tertiary/aromatic N) is 3. The summed E-state index contributed by atoms with van der Waals surface area (Å²) in [5, 5.41) is 0.791. The first-order valence-electron chi connectivity index (χ1n) is 7.19. The minimum absolute atomic E-state index is 0.0232. The van der Waals surface area contributed by atoms with Gasteiger partial charge in [0.1, 0.15) is 18.5 Å². The number of thiazole rings is 1. The Balaban J connectivity index is 1.91. The topological polar surface area (TPSA) is 102 Å². The Hall–Kier alpha value is -2.59. The van der Waals surface area contributed by atoms with Gasteiger partial charge in [0.2, 0.25) is 10.0 Å². The second kappa shape index (κ2) is 6.73. The molecule has 0 spiro atoms. The summed E-state index contributed by atoms with van der Waals surface area (Å²) in [5.74, 6) is -0.767. The van der Waals surface area contributed by atoms with Crippen molar-refractivity contribution in [3.05, 3.63) is 48.5 Å². The van der Waals surface area contributed by atoms with E-state index in [2.05, 4.69) is 15.0 Å². The molecule has 0 aromatic carbocycles. The molecule has 0 unspecified atom stereocenters. The predicted molar refractivity (Wildman–Crippen MR) is 99.1 cm³/mol. The molecular formula is C15H13BN4O3S2. The van der Waals surface area contributed by atoms with Gasteiger partial charge < -0.3 is 0 Å². The van der Waals surface area contributed by atoms with Crippen LogP contribution in [0.3, 0.4) is 0 Å². The van der Waals surface area contributed by atoms with E-state index >= 15 is 0 Å². The first kappa shape index (κ1) is 17.2. The molecule has 0 aliphatic heterocycles. The quantitative estimate of drug-likeness (QED) is 0.658. The highest BCUT2D eigenvalue weighted by Crippen LogP contribution is 2.30. The monoisotopic (exact) mass is 372 g/mol. The van der Waals surface area contributed by atoms with E-state index in [1.807, 2.05) is 18.6 Å². The zero-order valence-corrected chi connectivity index (χ0v) is 15.1. The van der Waals surface area contributed by atoms with Crippen LogP contribution in [0.1, 0.15) is 10.5 Å². The fourth-order valence-corrected chi connectivity index (χ4v) is 3.43. The molecule has 0 atom stereocenters. The molecular weight excluding hydrogens is 359 g/mol. The molecule has 3 heterocycles. The zero-order chi connectivity index (χ0) is 18.0. The van der Waals surface area contributed by atoms with Crippen molar-refractivity contribution in [3.63, 3.8) is 0 Å². The van der Waals surface area contributed by atoms with Crippen LogP contribution in [0.2, 0.25) is 0 Å². The summed E-state index contributed by atoms with van der Waals surface area (Å²) < 4.78 is 24.3. The molecule has 0 bridgehead atoms. The Morgan fingerprint density at radius 1 is 1.24 bits per heavy atom. The fourth-order valence-electron chi connectivity index (χ4n) is 2.12. The number of pyridine rings is 2. The first-order valence-corrected chi connectivity index (χ1v) is 9.90. The van der Waals surface area contributed by atoms with Gasteiger partial charge in [-0.1, -0.05) is 17.6 Å². The molecule has 7 nitrogen and oxygen atoms in total. The zero-order valence-electron chi connectivity index (χ0n) is 13.4. The van der Waals surface area contributed by atoms with Gasteiger partial charge in [0.05, 0.1) is 16.8 Å². The molecule has 0 aliphatic carbocycles. The molecule has 3 aromatic heterocycles. The second-order valence-electron chi connectivity index (χ2n) is 5.39. The summed E-state index contributed by atoms with van der Waals surface area (Å²) in [6.45, 7) is 0. The number of carbonyl (C=O) groups is 1. The molecule has 1 amide bonds. The van der Waals surface area contributed by atoms with E-state index < -0.39 is 15.9 Å². The normalized spacial score (nSPS) is 11.2. The lowest BCUT2D eigenvalue weighted by Gasteiger charge is -2.03. The Morgan fingerprint density at radius 2 is 2.04 bits per heavy atom. The van der Waals surface area contributed by atoms with Crippen molar-refractivity contribution in [1.29, 1.82) is 0 Å². The second-order valence-corrected chi connectivity index (χ2v) is 8.17. The third-order valence-electron chi connectivity index (χ3n) is 3.14. The van der Waals surface area contributed by atoms with Crippen molar-refractivity contribution in [2.45, 2.75) is 0 Å². The molecule has 0 fully saturated rings. The maximum Gasteiger partial charge on any atom is 0.283 e. The van der Waals surface area contributed by atoms with Crippen LogP contribution in [-0.4, -0.2) is 43.4 Å². The van der Waals surface area contributed by atoms with Crippen molar-refractivity contribution in [2.75, 3.05) is 6.26 Å². The van der Waals surface area contributed by atoms with Gasteiger partial charge in [-0.25, -0.2) is 23.1 Å². The average Bonchev–Trinajstić information content (AvgIpc) is 3.03. The molecule has 0 saturated carbocycles. The van der Waals surface area contributed by atoms with Gasteiger partial charge in [0, 0.05) is 24.2 Å². The highest BCUT2D eigenvalue weighted by atomic mass is 32.2. The Labute approximate surface area is 149 Å². The number of aromatic nitrogens is 3. The standard InChI is InChI=1S/C15H13BN4O3S2/c1-25(22,23)20-14(21)12-4-2-3-11(19-12)13-8-18-15(24-13)9-5-10(16)7-17-6-9/h2-8H,16H2,1H3,(H,20,21). The Morgan fingerprint density at radius 3 is 2.76 bits per heavy atom. The Bertz CT molecular complexity index is 1050. The lowest BCUT2D eigenvalue weighted by molar-refractivity contribution is 0.0977. The van der Waals surface area contributed by atoms with Crippen molar-refractivity contribution in [1.82, 2.24) is 19.7 Å². The van der Waals surface area contributed by atoms with Crippen LogP contribution in [0.15, 0.2) is 42.9 Å². The van der Waals surface area contributed by atoms with E-state index in [9.17, 15) is 13.2 Å². The summed E-state index contributed by atoms with van der Waals surface area (Å²) in [5.41, 5.74) is 2.51. The number of nitrogens with one attached hydrogen (secondary N) is 1. The van der Waals surface area contributed by atoms with E-state index in [-0.39, 0.29) is 5.69 Å². The summed E-state index contributed by atoms with van der Waals surface area (Å²) >= 11 is 1.42. The van der Waals surface area contributed by atoms with E-state index in [0.29, 0.717) is 5.69 Å². The van der Waals surface area contributed by atoms with Crippen LogP contribution >= 0.6 is 11.3 Å². The number of amides is 1. The van der Waals surface area contributed by atoms with Crippen LogP contribution in [0.5, 0.6) is 0 Å². The predicted octanol–water partition coefficient (Wildman–Crippen LogP) is 0.215. The van der Waals surface area contributed by atoms with Gasteiger partial charge in [0.25, 0.3) is 5.91 Å². The van der Waals surface area contributed by atoms with Gasteiger partial charge in [0.15, 0.2) is 0 Å². The largest absolute Gasteiger partial charge is 0.283 e. The van der Waals surface area contributed by atoms with Crippen molar-refractivity contribution < 1.29 is 13.2 Å². The summed E-state index contributed by atoms with van der Waals surface area (Å²) in [4.78, 5) is 25.5. The fraction of sp³-hybridized carbons (Fsp3) is 0.0667. The molecule has 0 radical (unpaired) electrons. The van der Waals surface area contributed by atoms with Gasteiger partial charge >= 0.3 is 0 Å². The van der Waals surface area contributed by atoms with Crippen LogP contribution in [0, 0.1) is 0 Å². The Kier molecular flexibility index (Phi) is 4.64. The average molecular weight is 372 g/mol. The minimum atomic E-state index is -3.64. The molecule has 0 saturated heterocycles. The van der Waals surface area contributed by atoms with Gasteiger partial charge in [-0.15, -0.1) is 11.3 Å². The van der Waals surface area contributed by atoms with Crippen LogP contribution in [0.4, 0.5) is 0 Å². The van der Waals surface area contributed by atoms with E-state index in [1.54, 1.807) is 30.7 Å². The van der Waals surface area contributed by atoms with Crippen molar-refractivity contribution in [3.8, 4) is 21.1 Å². The molecule has 0 aliphatic rings. The number of carbonyl (C=O) groups excluding carboxylic acids is 1.